The van der Waals surface area contributed by atoms with Crippen LogP contribution in [0, 0.1) is 5.41 Å². The van der Waals surface area contributed by atoms with Crippen LogP contribution in [0.3, 0.4) is 0 Å². The zero-order chi connectivity index (χ0) is 12.3. The van der Waals surface area contributed by atoms with Crippen LogP contribution in [-0.4, -0.2) is 17.7 Å². The fourth-order valence-electron chi connectivity index (χ4n) is 3.78. The van der Waals surface area contributed by atoms with Gasteiger partial charge in [-0.15, -0.1) is 17.0 Å². The first-order chi connectivity index (χ1) is 7.97. The molecule has 2 nitrogen and oxygen atoms in total. The van der Waals surface area contributed by atoms with Gasteiger partial charge < -0.3 is 10.4 Å². The van der Waals surface area contributed by atoms with Gasteiger partial charge in [0.05, 0.1) is 0 Å². The van der Waals surface area contributed by atoms with Gasteiger partial charge in [-0.3, -0.25) is 0 Å². The average Bonchev–Trinajstić information content (AvgIpc) is 2.24. The van der Waals surface area contributed by atoms with Gasteiger partial charge in [-0.05, 0) is 42.0 Å². The fraction of sp³-hybridized carbons (Fsp3) is 0.600. The Hall–Kier alpha value is -0.540. The summed E-state index contributed by atoms with van der Waals surface area (Å²) in [5.41, 5.74) is 2.94. The maximum atomic E-state index is 10.1. The molecule has 18 heavy (non-hydrogen) atoms. The fourth-order valence-corrected chi connectivity index (χ4v) is 3.78. The second-order valence-corrected chi connectivity index (χ2v) is 6.32. The third kappa shape index (κ3) is 1.56. The molecule has 1 aliphatic carbocycles. The highest BCUT2D eigenvalue weighted by Gasteiger charge is 2.53. The van der Waals surface area contributed by atoms with Crippen molar-refractivity contribution in [3.05, 3.63) is 29.3 Å². The van der Waals surface area contributed by atoms with E-state index in [2.05, 4.69) is 32.2 Å². The van der Waals surface area contributed by atoms with E-state index in [1.54, 1.807) is 0 Å². The maximum absolute atomic E-state index is 10.1. The Labute approximate surface area is 120 Å². The van der Waals surface area contributed by atoms with Crippen molar-refractivity contribution in [3.8, 4) is 5.75 Å². The van der Waals surface area contributed by atoms with Crippen molar-refractivity contribution in [2.24, 2.45) is 5.41 Å². The van der Waals surface area contributed by atoms with Crippen LogP contribution in [0.4, 0.5) is 0 Å². The molecule has 1 fully saturated rings. The van der Waals surface area contributed by atoms with Crippen molar-refractivity contribution in [2.75, 3.05) is 6.54 Å². The normalized spacial score (nSPS) is 32.3. The molecule has 0 unspecified atom stereocenters. The lowest BCUT2D eigenvalue weighted by molar-refractivity contribution is 0.0551. The average molecular weight is 312 g/mol. The number of halogens is 1. The van der Waals surface area contributed by atoms with Crippen LogP contribution in [0.1, 0.15) is 38.3 Å². The molecule has 0 saturated carbocycles. The third-order valence-electron chi connectivity index (χ3n) is 5.46. The molecule has 0 radical (unpaired) electrons. The third-order valence-corrected chi connectivity index (χ3v) is 5.46. The summed E-state index contributed by atoms with van der Waals surface area (Å²) in [6, 6.07) is 6.48. The maximum Gasteiger partial charge on any atom is 0.119 e. The van der Waals surface area contributed by atoms with Gasteiger partial charge in [-0.1, -0.05) is 32.9 Å². The zero-order valence-electron chi connectivity index (χ0n) is 11.3. The molecule has 1 aromatic carbocycles. The van der Waals surface area contributed by atoms with Crippen molar-refractivity contribution < 1.29 is 5.11 Å². The quantitative estimate of drug-likeness (QED) is 0.771. The molecule has 0 amide bonds. The van der Waals surface area contributed by atoms with E-state index >= 15 is 0 Å². The van der Waals surface area contributed by atoms with Gasteiger partial charge in [0.15, 0.2) is 0 Å². The van der Waals surface area contributed by atoms with Gasteiger partial charge in [-0.25, -0.2) is 0 Å². The van der Waals surface area contributed by atoms with Crippen LogP contribution in [0.25, 0.3) is 0 Å². The molecular formula is C15H22BrNO. The molecule has 2 bridgehead atoms. The Morgan fingerprint density at radius 3 is 2.72 bits per heavy atom. The molecule has 1 saturated heterocycles. The van der Waals surface area contributed by atoms with Crippen molar-refractivity contribution >= 4 is 17.0 Å². The standard InChI is InChI=1S/C15H21NO.BrH/c1-14(2)13-9-10-11(5-4-6-12(10)17)15(14,3)7-8-16-13;/h4-6,13,16-17H,7-9H2,1-3H3;1H/t13-,15+;/m1./s1. The summed E-state index contributed by atoms with van der Waals surface area (Å²) in [7, 11) is 0. The molecule has 2 N–H and O–H groups in total. The van der Waals surface area contributed by atoms with Crippen LogP contribution >= 0.6 is 17.0 Å². The smallest absolute Gasteiger partial charge is 0.119 e. The highest BCUT2D eigenvalue weighted by Crippen LogP contribution is 2.54. The molecule has 0 spiro atoms. The summed E-state index contributed by atoms with van der Waals surface area (Å²) < 4.78 is 0. The van der Waals surface area contributed by atoms with E-state index in [0.29, 0.717) is 11.8 Å². The minimum atomic E-state index is 0. The summed E-state index contributed by atoms with van der Waals surface area (Å²) in [4.78, 5) is 0. The zero-order valence-corrected chi connectivity index (χ0v) is 13.0. The van der Waals surface area contributed by atoms with Crippen molar-refractivity contribution in [1.29, 1.82) is 0 Å². The van der Waals surface area contributed by atoms with E-state index in [0.717, 1.165) is 24.9 Å². The van der Waals surface area contributed by atoms with Crippen molar-refractivity contribution in [2.45, 2.75) is 45.1 Å². The van der Waals surface area contributed by atoms with Gasteiger partial charge in [-0.2, -0.15) is 0 Å². The number of rotatable bonds is 0. The Morgan fingerprint density at radius 1 is 1.28 bits per heavy atom. The van der Waals surface area contributed by atoms with Crippen LogP contribution in [-0.2, 0) is 11.8 Å². The first kappa shape index (κ1) is 13.9. The minimum Gasteiger partial charge on any atom is -0.508 e. The molecule has 1 aliphatic heterocycles. The Kier molecular flexibility index (Phi) is 3.27. The topological polar surface area (TPSA) is 32.3 Å². The van der Waals surface area contributed by atoms with Gasteiger partial charge in [0.1, 0.15) is 5.75 Å². The van der Waals surface area contributed by atoms with E-state index in [1.165, 1.54) is 5.56 Å². The Balaban J connectivity index is 0.00000120. The molecule has 2 atom stereocenters. The van der Waals surface area contributed by atoms with Gasteiger partial charge in [0.2, 0.25) is 0 Å². The summed E-state index contributed by atoms with van der Waals surface area (Å²) in [6.45, 7) is 8.16. The predicted molar refractivity (Wildman–Crippen MR) is 79.7 cm³/mol. The van der Waals surface area contributed by atoms with Gasteiger partial charge in [0, 0.05) is 11.5 Å². The van der Waals surface area contributed by atoms with E-state index < -0.39 is 0 Å². The Bertz CT molecular complexity index is 472. The van der Waals surface area contributed by atoms with E-state index in [9.17, 15) is 5.11 Å². The highest BCUT2D eigenvalue weighted by molar-refractivity contribution is 8.93. The number of hydrogen-bond donors (Lipinski definition) is 2. The van der Waals surface area contributed by atoms with Crippen molar-refractivity contribution in [1.82, 2.24) is 5.32 Å². The lowest BCUT2D eigenvalue weighted by Crippen LogP contribution is -2.62. The SMILES string of the molecule is Br.CC1(C)[C@H]2Cc3c(O)cccc3[C@]1(C)CCN2. The molecule has 0 aromatic heterocycles. The van der Waals surface area contributed by atoms with Crippen LogP contribution in [0.15, 0.2) is 18.2 Å². The first-order valence-electron chi connectivity index (χ1n) is 6.51. The number of benzene rings is 1. The Morgan fingerprint density at radius 2 is 2.00 bits per heavy atom. The predicted octanol–water partition coefficient (Wildman–Crippen LogP) is 3.17. The van der Waals surface area contributed by atoms with E-state index in [1.807, 2.05) is 12.1 Å². The number of fused-ring (bicyclic) bond motifs is 4. The second-order valence-electron chi connectivity index (χ2n) is 6.32. The van der Waals surface area contributed by atoms with Gasteiger partial charge >= 0.3 is 0 Å². The number of phenolic OH excluding ortho intramolecular Hbond substituents is 1. The largest absolute Gasteiger partial charge is 0.508 e. The molecule has 3 rings (SSSR count). The first-order valence-corrected chi connectivity index (χ1v) is 6.51. The van der Waals surface area contributed by atoms with Crippen LogP contribution < -0.4 is 5.32 Å². The number of aromatic hydroxyl groups is 1. The second kappa shape index (κ2) is 4.24. The lowest BCUT2D eigenvalue weighted by Gasteiger charge is -2.57. The van der Waals surface area contributed by atoms with Crippen LogP contribution in [0.5, 0.6) is 5.75 Å². The van der Waals surface area contributed by atoms with Gasteiger partial charge in [0.25, 0.3) is 0 Å². The van der Waals surface area contributed by atoms with E-state index in [-0.39, 0.29) is 27.8 Å². The minimum absolute atomic E-state index is 0. The monoisotopic (exact) mass is 311 g/mol. The summed E-state index contributed by atoms with van der Waals surface area (Å²) in [5, 5.41) is 13.7. The number of nitrogens with one attached hydrogen (secondary N) is 1. The summed E-state index contributed by atoms with van der Waals surface area (Å²) >= 11 is 0. The number of piperidine rings is 1. The van der Waals surface area contributed by atoms with Crippen molar-refractivity contribution in [3.63, 3.8) is 0 Å². The molecular weight excluding hydrogens is 290 g/mol. The number of phenols is 1. The molecule has 1 heterocycles. The molecule has 1 aromatic rings. The number of hydrogen-bond acceptors (Lipinski definition) is 2. The highest BCUT2D eigenvalue weighted by atomic mass is 79.9. The molecule has 3 heteroatoms. The summed E-state index contributed by atoms with van der Waals surface area (Å²) in [6.07, 6.45) is 2.09. The van der Waals surface area contributed by atoms with E-state index in [4.69, 9.17) is 0 Å². The molecule has 2 aliphatic rings. The molecule has 100 valence electrons. The van der Waals surface area contributed by atoms with Crippen LogP contribution in [0.2, 0.25) is 0 Å². The summed E-state index contributed by atoms with van der Waals surface area (Å²) in [5.74, 6) is 0.470. The lowest BCUT2D eigenvalue weighted by atomic mass is 9.51.